The minimum absolute atomic E-state index is 0.0666. The number of benzene rings is 2. The summed E-state index contributed by atoms with van der Waals surface area (Å²) in [6, 6.07) is 10.4. The van der Waals surface area contributed by atoms with Crippen molar-refractivity contribution in [3.05, 3.63) is 59.7 Å². The van der Waals surface area contributed by atoms with Crippen molar-refractivity contribution < 1.29 is 29.0 Å². The van der Waals surface area contributed by atoms with Gasteiger partial charge in [-0.3, -0.25) is 14.4 Å². The van der Waals surface area contributed by atoms with Crippen LogP contribution in [-0.2, 0) is 20.8 Å². The number of aliphatic carboxylic acids is 1. The van der Waals surface area contributed by atoms with Gasteiger partial charge in [0.05, 0.1) is 5.56 Å². The number of carboxylic acids is 1. The lowest BCUT2D eigenvalue weighted by Crippen LogP contribution is -2.57. The molecule has 0 spiro atoms. The molecule has 10 heteroatoms. The van der Waals surface area contributed by atoms with Gasteiger partial charge in [0.25, 0.3) is 5.91 Å². The first-order valence-corrected chi connectivity index (χ1v) is 12.8. The lowest BCUT2D eigenvalue weighted by molar-refractivity contribution is -0.150. The van der Waals surface area contributed by atoms with Gasteiger partial charge in [0.15, 0.2) is 0 Å². The quantitative estimate of drug-likeness (QED) is 0.320. The van der Waals surface area contributed by atoms with Crippen molar-refractivity contribution in [3.63, 3.8) is 0 Å². The average Bonchev–Trinajstić information content (AvgIpc) is 2.84. The van der Waals surface area contributed by atoms with Gasteiger partial charge in [0, 0.05) is 19.2 Å². The third-order valence-electron chi connectivity index (χ3n) is 6.05. The molecule has 3 amide bonds. The first-order chi connectivity index (χ1) is 18.1. The standard InChI is InChI=1S/C29H40N4O6/c1-17(2)24(32-25(34)18(3)31-26(35)21-10-8-9-11-22(21)30)27(36)33(7)23(28(37)38)16-19-12-14-20(15-13-19)39-29(4,5)6/h8-15,17-18,23-24H,16,30H2,1-7H3,(H,31,35)(H,32,34)(H,37,38)/t18-,23-,24-/m0/s1. The van der Waals surface area contributed by atoms with Crippen molar-refractivity contribution in [2.24, 2.45) is 5.92 Å². The van der Waals surface area contributed by atoms with Gasteiger partial charge in [-0.25, -0.2) is 4.79 Å². The van der Waals surface area contributed by atoms with Crippen molar-refractivity contribution in [1.29, 1.82) is 0 Å². The molecule has 0 saturated carbocycles. The van der Waals surface area contributed by atoms with E-state index < -0.39 is 41.8 Å². The summed E-state index contributed by atoms with van der Waals surface area (Å²) in [5, 5.41) is 15.2. The zero-order valence-corrected chi connectivity index (χ0v) is 23.6. The van der Waals surface area contributed by atoms with Gasteiger partial charge in [0.2, 0.25) is 11.8 Å². The molecule has 10 nitrogen and oxygen atoms in total. The fourth-order valence-electron chi connectivity index (χ4n) is 3.87. The lowest BCUT2D eigenvalue weighted by Gasteiger charge is -2.31. The Labute approximate surface area is 229 Å². The van der Waals surface area contributed by atoms with Crippen LogP contribution in [0.3, 0.4) is 0 Å². The molecule has 39 heavy (non-hydrogen) atoms. The molecule has 0 unspecified atom stereocenters. The van der Waals surface area contributed by atoms with Gasteiger partial charge in [-0.1, -0.05) is 38.1 Å². The third-order valence-corrected chi connectivity index (χ3v) is 6.05. The number of amides is 3. The molecule has 0 bridgehead atoms. The summed E-state index contributed by atoms with van der Waals surface area (Å²) in [5.74, 6) is -2.52. The van der Waals surface area contributed by atoms with Crippen LogP contribution in [0.5, 0.6) is 5.75 Å². The molecule has 0 heterocycles. The van der Waals surface area contributed by atoms with Gasteiger partial charge >= 0.3 is 5.97 Å². The summed E-state index contributed by atoms with van der Waals surface area (Å²) in [7, 11) is 1.41. The number of likely N-dealkylation sites (N-methyl/N-ethyl adjacent to an activating group) is 1. The van der Waals surface area contributed by atoms with Gasteiger partial charge in [0.1, 0.15) is 29.5 Å². The number of nitrogens with two attached hydrogens (primary N) is 1. The minimum Gasteiger partial charge on any atom is -0.488 e. The second-order valence-corrected chi connectivity index (χ2v) is 10.9. The summed E-state index contributed by atoms with van der Waals surface area (Å²) in [4.78, 5) is 52.1. The zero-order chi connectivity index (χ0) is 29.5. The van der Waals surface area contributed by atoms with Crippen LogP contribution in [0.2, 0.25) is 0 Å². The molecule has 2 rings (SSSR count). The second-order valence-electron chi connectivity index (χ2n) is 10.9. The van der Waals surface area contributed by atoms with E-state index in [9.17, 15) is 24.3 Å². The SMILES string of the molecule is CC(C)[C@H](NC(=O)[C@H](C)NC(=O)c1ccccc1N)C(=O)N(C)[C@@H](Cc1ccc(OC(C)(C)C)cc1)C(=O)O. The Hall–Kier alpha value is -4.08. The molecule has 5 N–H and O–H groups in total. The molecule has 0 aliphatic carbocycles. The van der Waals surface area contributed by atoms with E-state index in [1.807, 2.05) is 20.8 Å². The normalized spacial score (nSPS) is 13.6. The lowest BCUT2D eigenvalue weighted by atomic mass is 9.99. The molecule has 0 fully saturated rings. The van der Waals surface area contributed by atoms with Crippen molar-refractivity contribution >= 4 is 29.4 Å². The first-order valence-electron chi connectivity index (χ1n) is 12.8. The minimum atomic E-state index is -1.17. The Morgan fingerprint density at radius 2 is 1.56 bits per heavy atom. The maximum absolute atomic E-state index is 13.4. The predicted molar refractivity (Wildman–Crippen MR) is 149 cm³/mol. The fourth-order valence-corrected chi connectivity index (χ4v) is 3.87. The number of carbonyl (C=O) groups excluding carboxylic acids is 3. The summed E-state index contributed by atoms with van der Waals surface area (Å²) >= 11 is 0. The Morgan fingerprint density at radius 3 is 2.08 bits per heavy atom. The maximum Gasteiger partial charge on any atom is 0.326 e. The third kappa shape index (κ3) is 9.01. The maximum atomic E-state index is 13.4. The highest BCUT2D eigenvalue weighted by atomic mass is 16.5. The number of nitrogens with zero attached hydrogens (tertiary/aromatic N) is 1. The van der Waals surface area contributed by atoms with Crippen molar-refractivity contribution in [2.75, 3.05) is 12.8 Å². The largest absolute Gasteiger partial charge is 0.488 e. The monoisotopic (exact) mass is 540 g/mol. The van der Waals surface area contributed by atoms with Crippen molar-refractivity contribution in [2.45, 2.75) is 71.7 Å². The predicted octanol–water partition coefficient (Wildman–Crippen LogP) is 2.86. The van der Waals surface area contributed by atoms with Crippen LogP contribution in [-0.4, -0.2) is 64.5 Å². The molecular weight excluding hydrogens is 500 g/mol. The zero-order valence-electron chi connectivity index (χ0n) is 23.6. The summed E-state index contributed by atoms with van der Waals surface area (Å²) in [6.45, 7) is 10.8. The number of carbonyl (C=O) groups is 4. The van der Waals surface area contributed by atoms with E-state index in [0.717, 1.165) is 4.90 Å². The number of anilines is 1. The Kier molecular flexibility index (Phi) is 10.5. The van der Waals surface area contributed by atoms with Gasteiger partial charge in [-0.2, -0.15) is 0 Å². The highest BCUT2D eigenvalue weighted by Crippen LogP contribution is 2.20. The summed E-state index contributed by atoms with van der Waals surface area (Å²) in [5.41, 5.74) is 6.69. The molecule has 2 aromatic carbocycles. The molecule has 212 valence electrons. The van der Waals surface area contributed by atoms with E-state index in [4.69, 9.17) is 10.5 Å². The molecule has 2 aromatic rings. The van der Waals surface area contributed by atoms with E-state index >= 15 is 0 Å². The van der Waals surface area contributed by atoms with Gasteiger partial charge in [-0.05, 0) is 63.4 Å². The molecular formula is C29H40N4O6. The smallest absolute Gasteiger partial charge is 0.326 e. The number of nitrogens with one attached hydrogen (secondary N) is 2. The van der Waals surface area contributed by atoms with Crippen LogP contribution in [0.15, 0.2) is 48.5 Å². The molecule has 0 aliphatic heterocycles. The number of nitrogen functional groups attached to an aromatic ring is 1. The molecule has 0 aromatic heterocycles. The van der Waals surface area contributed by atoms with Crippen LogP contribution in [0.4, 0.5) is 5.69 Å². The van der Waals surface area contributed by atoms with E-state index in [-0.39, 0.29) is 29.2 Å². The highest BCUT2D eigenvalue weighted by Gasteiger charge is 2.34. The van der Waals surface area contributed by atoms with E-state index in [1.54, 1.807) is 62.4 Å². The van der Waals surface area contributed by atoms with Crippen LogP contribution < -0.4 is 21.1 Å². The van der Waals surface area contributed by atoms with E-state index in [1.165, 1.54) is 14.0 Å². The van der Waals surface area contributed by atoms with Crippen molar-refractivity contribution in [1.82, 2.24) is 15.5 Å². The first kappa shape index (κ1) is 31.1. The molecule has 0 aliphatic rings. The number of rotatable bonds is 11. The van der Waals surface area contributed by atoms with E-state index in [0.29, 0.717) is 11.3 Å². The van der Waals surface area contributed by atoms with Crippen molar-refractivity contribution in [3.8, 4) is 5.75 Å². The second kappa shape index (κ2) is 13.1. The molecule has 3 atom stereocenters. The number of ether oxygens (including phenoxy) is 1. The van der Waals surface area contributed by atoms with Gasteiger partial charge < -0.3 is 31.1 Å². The average molecular weight is 541 g/mol. The number of carboxylic acid groups (broad SMARTS) is 1. The van der Waals surface area contributed by atoms with Crippen LogP contribution >= 0.6 is 0 Å². The Balaban J connectivity index is 2.11. The number of para-hydroxylation sites is 1. The van der Waals surface area contributed by atoms with Crippen LogP contribution in [0, 0.1) is 5.92 Å². The van der Waals surface area contributed by atoms with Crippen LogP contribution in [0.25, 0.3) is 0 Å². The van der Waals surface area contributed by atoms with E-state index in [2.05, 4.69) is 10.6 Å². The van der Waals surface area contributed by atoms with Gasteiger partial charge in [-0.15, -0.1) is 0 Å². The Morgan fingerprint density at radius 1 is 0.974 bits per heavy atom. The highest BCUT2D eigenvalue weighted by molar-refractivity contribution is 6.01. The molecule has 0 saturated heterocycles. The van der Waals surface area contributed by atoms with Crippen LogP contribution in [0.1, 0.15) is 57.5 Å². The number of hydrogen-bond donors (Lipinski definition) is 4. The topological polar surface area (TPSA) is 151 Å². The molecule has 0 radical (unpaired) electrons. The number of hydrogen-bond acceptors (Lipinski definition) is 6. The fraction of sp³-hybridized carbons (Fsp3) is 0.448. The summed E-state index contributed by atoms with van der Waals surface area (Å²) < 4.78 is 5.81. The summed E-state index contributed by atoms with van der Waals surface area (Å²) in [6.07, 6.45) is 0.0666. The Bertz CT molecular complexity index is 1170.